The van der Waals surface area contributed by atoms with Crippen LogP contribution in [0.4, 0.5) is 13.9 Å². The van der Waals surface area contributed by atoms with E-state index in [1.54, 1.807) is 0 Å². The van der Waals surface area contributed by atoms with Crippen LogP contribution < -0.4 is 4.90 Å². The summed E-state index contributed by atoms with van der Waals surface area (Å²) in [7, 11) is 0. The van der Waals surface area contributed by atoms with E-state index in [1.807, 2.05) is 0 Å². The summed E-state index contributed by atoms with van der Waals surface area (Å²) in [5, 5.41) is 0.759. The van der Waals surface area contributed by atoms with Gasteiger partial charge >= 0.3 is 0 Å². The Morgan fingerprint density at radius 3 is 2.70 bits per heavy atom. The van der Waals surface area contributed by atoms with Crippen molar-refractivity contribution in [2.75, 3.05) is 31.2 Å². The lowest BCUT2D eigenvalue weighted by Gasteiger charge is -2.16. The second-order valence-electron chi connectivity index (χ2n) is 4.51. The van der Waals surface area contributed by atoms with Gasteiger partial charge in [0.15, 0.2) is 5.82 Å². The van der Waals surface area contributed by atoms with Gasteiger partial charge in [-0.25, -0.2) is 8.78 Å². The average Bonchev–Trinajstić information content (AvgIpc) is 2.74. The van der Waals surface area contributed by atoms with Crippen molar-refractivity contribution in [3.8, 4) is 11.4 Å². The molecule has 0 bridgehead atoms. The average molecular weight is 297 g/mol. The molecule has 0 radical (unpaired) electrons. The second-order valence-corrected chi connectivity index (χ2v) is 5.24. The molecule has 2 heterocycles. The summed E-state index contributed by atoms with van der Waals surface area (Å²) in [6.45, 7) is 3.01. The summed E-state index contributed by atoms with van der Waals surface area (Å²) in [6.07, 6.45) is 0.934. The fourth-order valence-electron chi connectivity index (χ4n) is 2.08. The third-order valence-corrected chi connectivity index (χ3v) is 3.81. The first-order valence-corrected chi connectivity index (χ1v) is 7.12. The van der Waals surface area contributed by atoms with Gasteiger partial charge in [0.05, 0.1) is 6.61 Å². The normalized spacial score (nSPS) is 16.2. The lowest BCUT2D eigenvalue weighted by molar-refractivity contribution is 0.152. The number of benzene rings is 1. The van der Waals surface area contributed by atoms with Crippen LogP contribution in [0.15, 0.2) is 18.2 Å². The van der Waals surface area contributed by atoms with Crippen molar-refractivity contribution in [1.82, 2.24) is 9.36 Å². The zero-order valence-electron chi connectivity index (χ0n) is 10.7. The van der Waals surface area contributed by atoms with Gasteiger partial charge in [0.25, 0.3) is 0 Å². The first-order valence-electron chi connectivity index (χ1n) is 6.35. The summed E-state index contributed by atoms with van der Waals surface area (Å²) < 4.78 is 36.0. The van der Waals surface area contributed by atoms with E-state index in [1.165, 1.54) is 23.7 Å². The molecule has 7 heteroatoms. The Balaban J connectivity index is 1.85. The van der Waals surface area contributed by atoms with Crippen LogP contribution in [0, 0.1) is 11.6 Å². The van der Waals surface area contributed by atoms with Gasteiger partial charge in [-0.1, -0.05) is 0 Å². The van der Waals surface area contributed by atoms with Crippen LogP contribution in [0.5, 0.6) is 0 Å². The highest BCUT2D eigenvalue weighted by molar-refractivity contribution is 7.09. The smallest absolute Gasteiger partial charge is 0.205 e. The number of ether oxygens (including phenoxy) is 1. The third kappa shape index (κ3) is 2.94. The molecule has 1 aliphatic heterocycles. The van der Waals surface area contributed by atoms with E-state index in [0.717, 1.165) is 37.3 Å². The van der Waals surface area contributed by atoms with Crippen LogP contribution >= 0.6 is 11.5 Å². The summed E-state index contributed by atoms with van der Waals surface area (Å²) in [5.41, 5.74) is 0.357. The van der Waals surface area contributed by atoms with Crippen LogP contribution in [-0.4, -0.2) is 35.7 Å². The number of halogens is 2. The zero-order valence-corrected chi connectivity index (χ0v) is 11.5. The second kappa shape index (κ2) is 5.80. The number of rotatable bonds is 2. The highest BCUT2D eigenvalue weighted by Crippen LogP contribution is 2.25. The molecule has 0 N–H and O–H groups in total. The Hall–Kier alpha value is -1.60. The SMILES string of the molecule is Fc1cc(F)cc(-c2nsc(N3CCCOCC3)n2)c1. The van der Waals surface area contributed by atoms with Gasteiger partial charge in [0.2, 0.25) is 5.13 Å². The summed E-state index contributed by atoms with van der Waals surface area (Å²) in [6, 6.07) is 3.31. The molecule has 1 fully saturated rings. The molecule has 0 unspecified atom stereocenters. The predicted molar refractivity (Wildman–Crippen MR) is 72.9 cm³/mol. The number of aromatic nitrogens is 2. The van der Waals surface area contributed by atoms with Crippen LogP contribution in [0.3, 0.4) is 0 Å². The van der Waals surface area contributed by atoms with Gasteiger partial charge in [-0.05, 0) is 18.6 Å². The topological polar surface area (TPSA) is 38.2 Å². The molecular formula is C13H13F2N3OS. The van der Waals surface area contributed by atoms with Gasteiger partial charge in [-0.3, -0.25) is 0 Å². The van der Waals surface area contributed by atoms with Crippen LogP contribution in [0.2, 0.25) is 0 Å². The highest BCUT2D eigenvalue weighted by Gasteiger charge is 2.16. The fourth-order valence-corrected chi connectivity index (χ4v) is 2.82. The van der Waals surface area contributed by atoms with Crippen molar-refractivity contribution in [2.24, 2.45) is 0 Å². The minimum absolute atomic E-state index is 0.355. The van der Waals surface area contributed by atoms with Crippen LogP contribution in [0.25, 0.3) is 11.4 Å². The number of nitrogens with zero attached hydrogens (tertiary/aromatic N) is 3. The summed E-state index contributed by atoms with van der Waals surface area (Å²) in [4.78, 5) is 6.46. The molecule has 3 rings (SSSR count). The lowest BCUT2D eigenvalue weighted by atomic mass is 10.2. The molecule has 1 aliphatic rings. The minimum atomic E-state index is -0.625. The predicted octanol–water partition coefficient (Wildman–Crippen LogP) is 2.71. The molecule has 4 nitrogen and oxygen atoms in total. The van der Waals surface area contributed by atoms with Crippen molar-refractivity contribution in [3.63, 3.8) is 0 Å². The molecule has 0 saturated carbocycles. The maximum atomic E-state index is 13.2. The molecule has 20 heavy (non-hydrogen) atoms. The number of hydrogen-bond acceptors (Lipinski definition) is 5. The Labute approximate surface area is 119 Å². The number of anilines is 1. The molecule has 0 amide bonds. The van der Waals surface area contributed by atoms with E-state index in [2.05, 4.69) is 14.3 Å². The van der Waals surface area contributed by atoms with Gasteiger partial charge in [-0.2, -0.15) is 9.36 Å². The first kappa shape index (κ1) is 13.4. The Morgan fingerprint density at radius 2 is 1.90 bits per heavy atom. The highest BCUT2D eigenvalue weighted by atomic mass is 32.1. The Bertz CT molecular complexity index is 577. The molecule has 0 atom stereocenters. The van der Waals surface area contributed by atoms with Crippen molar-refractivity contribution in [1.29, 1.82) is 0 Å². The molecule has 1 aromatic heterocycles. The van der Waals surface area contributed by atoms with E-state index >= 15 is 0 Å². The molecule has 2 aromatic rings. The van der Waals surface area contributed by atoms with E-state index in [9.17, 15) is 8.78 Å². The van der Waals surface area contributed by atoms with Crippen LogP contribution in [0.1, 0.15) is 6.42 Å². The first-order chi connectivity index (χ1) is 9.72. The van der Waals surface area contributed by atoms with Crippen molar-refractivity contribution < 1.29 is 13.5 Å². The molecular weight excluding hydrogens is 284 g/mol. The molecule has 1 aromatic carbocycles. The van der Waals surface area contributed by atoms with Crippen LogP contribution in [-0.2, 0) is 4.74 Å². The Morgan fingerprint density at radius 1 is 1.10 bits per heavy atom. The third-order valence-electron chi connectivity index (χ3n) is 3.03. The van der Waals surface area contributed by atoms with Gasteiger partial charge < -0.3 is 9.64 Å². The number of hydrogen-bond donors (Lipinski definition) is 0. The summed E-state index contributed by atoms with van der Waals surface area (Å²) in [5.74, 6) is -0.896. The molecule has 106 valence electrons. The van der Waals surface area contributed by atoms with E-state index < -0.39 is 11.6 Å². The largest absolute Gasteiger partial charge is 0.380 e. The van der Waals surface area contributed by atoms with E-state index in [0.29, 0.717) is 18.0 Å². The standard InChI is InChI=1S/C13H13F2N3OS/c14-10-6-9(7-11(15)8-10)12-16-13(20-17-12)18-2-1-4-19-5-3-18/h6-8H,1-5H2. The molecule has 0 spiro atoms. The van der Waals surface area contributed by atoms with Gasteiger partial charge in [0, 0.05) is 42.9 Å². The Kier molecular flexibility index (Phi) is 3.88. The molecule has 1 saturated heterocycles. The monoisotopic (exact) mass is 297 g/mol. The van der Waals surface area contributed by atoms with Crippen molar-refractivity contribution in [3.05, 3.63) is 29.8 Å². The van der Waals surface area contributed by atoms with E-state index in [4.69, 9.17) is 4.74 Å². The lowest BCUT2D eigenvalue weighted by Crippen LogP contribution is -2.25. The maximum absolute atomic E-state index is 13.2. The van der Waals surface area contributed by atoms with E-state index in [-0.39, 0.29) is 0 Å². The fraction of sp³-hybridized carbons (Fsp3) is 0.385. The van der Waals surface area contributed by atoms with Crippen molar-refractivity contribution >= 4 is 16.7 Å². The zero-order chi connectivity index (χ0) is 13.9. The van der Waals surface area contributed by atoms with Gasteiger partial charge in [-0.15, -0.1) is 0 Å². The van der Waals surface area contributed by atoms with Gasteiger partial charge in [0.1, 0.15) is 11.6 Å². The maximum Gasteiger partial charge on any atom is 0.205 e. The van der Waals surface area contributed by atoms with Crippen molar-refractivity contribution in [2.45, 2.75) is 6.42 Å². The molecule has 0 aliphatic carbocycles. The minimum Gasteiger partial charge on any atom is -0.380 e. The quantitative estimate of drug-likeness (QED) is 0.854. The summed E-state index contributed by atoms with van der Waals surface area (Å²) >= 11 is 1.24.